The fourth-order valence-corrected chi connectivity index (χ4v) is 4.05. The Morgan fingerprint density at radius 2 is 1.88 bits per heavy atom. The van der Waals surface area contributed by atoms with Crippen LogP contribution in [0.15, 0.2) is 0 Å². The van der Waals surface area contributed by atoms with E-state index in [1.807, 2.05) is 0 Å². The largest absolute Gasteiger partial charge is 0.480 e. The van der Waals surface area contributed by atoms with E-state index >= 15 is 0 Å². The molecule has 1 saturated heterocycles. The molecule has 2 aliphatic rings. The number of hydrogen-bond donors (Lipinski definition) is 1. The second kappa shape index (κ2) is 7.04. The molecule has 1 N–H and O–H groups in total. The number of nitrogens with zero attached hydrogens (tertiary/aromatic N) is 1. The summed E-state index contributed by atoms with van der Waals surface area (Å²) >= 11 is 0.998. The van der Waals surface area contributed by atoms with Crippen LogP contribution in [0.25, 0.3) is 0 Å². The summed E-state index contributed by atoms with van der Waals surface area (Å²) in [5.41, 5.74) is -1.23. The molecule has 1 aliphatic heterocycles. The number of likely N-dealkylation sites (tertiary alicyclic amines) is 1. The van der Waals surface area contributed by atoms with Crippen molar-refractivity contribution in [2.45, 2.75) is 45.6 Å². The van der Waals surface area contributed by atoms with Gasteiger partial charge in [0.25, 0.3) is 0 Å². The Bertz CT molecular complexity index is 585. The van der Waals surface area contributed by atoms with E-state index in [1.165, 1.54) is 6.92 Å². The summed E-state index contributed by atoms with van der Waals surface area (Å²) < 4.78 is 0. The average Bonchev–Trinajstić information content (AvgIpc) is 2.80. The molecule has 0 radical (unpaired) electrons. The lowest BCUT2D eigenvalue weighted by Crippen LogP contribution is -2.58. The molecule has 1 saturated carbocycles. The quantitative estimate of drug-likeness (QED) is 0.746. The minimum Gasteiger partial charge on any atom is -0.480 e. The van der Waals surface area contributed by atoms with Gasteiger partial charge in [0.15, 0.2) is 5.12 Å². The van der Waals surface area contributed by atoms with Crippen LogP contribution in [0.4, 0.5) is 0 Å². The van der Waals surface area contributed by atoms with Crippen LogP contribution in [0.5, 0.6) is 0 Å². The summed E-state index contributed by atoms with van der Waals surface area (Å²) in [6.07, 6.45) is 0.593. The zero-order valence-corrected chi connectivity index (χ0v) is 14.6. The summed E-state index contributed by atoms with van der Waals surface area (Å²) in [7, 11) is 0. The third-order valence-electron chi connectivity index (χ3n) is 4.83. The van der Waals surface area contributed by atoms with Gasteiger partial charge in [-0.2, -0.15) is 0 Å². The molecular weight excluding hydrogens is 334 g/mol. The van der Waals surface area contributed by atoms with Gasteiger partial charge in [-0.05, 0) is 12.8 Å². The first kappa shape index (κ1) is 18.6. The molecule has 1 unspecified atom stereocenters. The lowest BCUT2D eigenvalue weighted by atomic mass is 9.74. The van der Waals surface area contributed by atoms with Crippen LogP contribution in [0, 0.1) is 11.3 Å². The van der Waals surface area contributed by atoms with Gasteiger partial charge in [-0.15, -0.1) is 0 Å². The number of hydrogen-bond acceptors (Lipinski definition) is 6. The summed E-state index contributed by atoms with van der Waals surface area (Å²) in [6, 6.07) is -1.03. The lowest BCUT2D eigenvalue weighted by molar-refractivity contribution is -0.160. The van der Waals surface area contributed by atoms with E-state index in [4.69, 9.17) is 0 Å². The molecule has 8 heteroatoms. The molecule has 1 aliphatic carbocycles. The van der Waals surface area contributed by atoms with Crippen molar-refractivity contribution in [1.82, 2.24) is 4.90 Å². The van der Waals surface area contributed by atoms with Crippen molar-refractivity contribution in [3.63, 3.8) is 0 Å². The molecule has 24 heavy (non-hydrogen) atoms. The van der Waals surface area contributed by atoms with Gasteiger partial charge in [-0.3, -0.25) is 19.2 Å². The van der Waals surface area contributed by atoms with Crippen molar-refractivity contribution in [1.29, 1.82) is 0 Å². The third-order valence-corrected chi connectivity index (χ3v) is 5.91. The Morgan fingerprint density at radius 3 is 2.38 bits per heavy atom. The van der Waals surface area contributed by atoms with E-state index in [1.54, 1.807) is 6.92 Å². The SMILES string of the molecule is CC(=O)SCC(C)C(=O)N1CC2(CC[C@H]1C(=O)O)C(=O)CCC2=O. The molecule has 1 amide bonds. The monoisotopic (exact) mass is 355 g/mol. The van der Waals surface area contributed by atoms with E-state index in [0.29, 0.717) is 0 Å². The van der Waals surface area contributed by atoms with Crippen molar-refractivity contribution < 1.29 is 29.1 Å². The van der Waals surface area contributed by atoms with Crippen molar-refractivity contribution in [3.05, 3.63) is 0 Å². The fraction of sp³-hybridized carbons (Fsp3) is 0.688. The molecule has 2 rings (SSSR count). The number of Topliss-reactive ketones (excluding diaryl/α,β-unsaturated/α-hetero) is 2. The highest BCUT2D eigenvalue weighted by Gasteiger charge is 2.55. The Hall–Kier alpha value is -1.70. The van der Waals surface area contributed by atoms with Crippen molar-refractivity contribution in [2.75, 3.05) is 12.3 Å². The van der Waals surface area contributed by atoms with Crippen LogP contribution in [0.1, 0.15) is 39.5 Å². The number of carbonyl (C=O) groups is 5. The maximum Gasteiger partial charge on any atom is 0.326 e. The molecule has 0 aromatic carbocycles. The Morgan fingerprint density at radius 1 is 1.29 bits per heavy atom. The summed E-state index contributed by atoms with van der Waals surface area (Å²) in [6.45, 7) is 2.86. The molecular formula is C16H21NO6S. The summed E-state index contributed by atoms with van der Waals surface area (Å²) in [4.78, 5) is 60.9. The molecule has 1 spiro atoms. The molecule has 7 nitrogen and oxygen atoms in total. The van der Waals surface area contributed by atoms with Crippen molar-refractivity contribution in [2.24, 2.45) is 11.3 Å². The van der Waals surface area contributed by atoms with Gasteiger partial charge in [-0.1, -0.05) is 18.7 Å². The van der Waals surface area contributed by atoms with Crippen molar-refractivity contribution >= 4 is 40.3 Å². The first-order valence-electron chi connectivity index (χ1n) is 7.92. The number of amides is 1. The topological polar surface area (TPSA) is 109 Å². The zero-order chi connectivity index (χ0) is 18.1. The summed E-state index contributed by atoms with van der Waals surface area (Å²) in [5.74, 6) is -2.28. The van der Waals surface area contributed by atoms with E-state index in [0.717, 1.165) is 16.7 Å². The van der Waals surface area contributed by atoms with E-state index in [-0.39, 0.29) is 54.7 Å². The number of carboxylic acids is 1. The van der Waals surface area contributed by atoms with Crippen LogP contribution < -0.4 is 0 Å². The Labute approximate surface area is 144 Å². The number of piperidine rings is 1. The molecule has 2 fully saturated rings. The smallest absolute Gasteiger partial charge is 0.326 e. The molecule has 0 bridgehead atoms. The van der Waals surface area contributed by atoms with Crippen LogP contribution in [0.3, 0.4) is 0 Å². The normalized spacial score (nSPS) is 24.2. The Balaban J connectivity index is 2.23. The van der Waals surface area contributed by atoms with Crippen molar-refractivity contribution in [3.8, 4) is 0 Å². The molecule has 2 atom stereocenters. The second-order valence-corrected chi connectivity index (χ2v) is 7.69. The highest BCUT2D eigenvalue weighted by Crippen LogP contribution is 2.41. The number of carbonyl (C=O) groups excluding carboxylic acids is 4. The van der Waals surface area contributed by atoms with Crippen LogP contribution in [0.2, 0.25) is 0 Å². The maximum atomic E-state index is 12.7. The predicted molar refractivity (Wildman–Crippen MR) is 86.4 cm³/mol. The van der Waals surface area contributed by atoms with E-state index < -0.39 is 29.3 Å². The minimum atomic E-state index is -1.23. The van der Waals surface area contributed by atoms with Gasteiger partial charge in [0.05, 0.1) is 0 Å². The minimum absolute atomic E-state index is 0.0884. The number of ketones is 2. The molecule has 0 aromatic rings. The molecule has 0 aromatic heterocycles. The van der Waals surface area contributed by atoms with Gasteiger partial charge >= 0.3 is 5.97 Å². The number of carboxylic acid groups (broad SMARTS) is 1. The lowest BCUT2D eigenvalue weighted by Gasteiger charge is -2.42. The third kappa shape index (κ3) is 3.38. The van der Waals surface area contributed by atoms with Crippen LogP contribution in [-0.4, -0.2) is 56.9 Å². The number of rotatable bonds is 4. The van der Waals surface area contributed by atoms with E-state index in [2.05, 4.69) is 0 Å². The van der Waals surface area contributed by atoms with Gasteiger partial charge < -0.3 is 10.0 Å². The highest BCUT2D eigenvalue weighted by molar-refractivity contribution is 8.13. The van der Waals surface area contributed by atoms with Gasteiger partial charge in [0.2, 0.25) is 5.91 Å². The first-order valence-corrected chi connectivity index (χ1v) is 8.91. The standard InChI is InChI=1S/C16H21NO6S/c1-9(7-24-10(2)18)14(21)17-8-16(6-5-11(17)15(22)23)12(19)3-4-13(16)20/h9,11H,3-8H2,1-2H3,(H,22,23)/t9?,11-/m0/s1. The second-order valence-electron chi connectivity index (χ2n) is 6.49. The van der Waals surface area contributed by atoms with Crippen LogP contribution in [-0.2, 0) is 24.0 Å². The van der Waals surface area contributed by atoms with Gasteiger partial charge in [0, 0.05) is 38.0 Å². The van der Waals surface area contributed by atoms with Gasteiger partial charge in [0.1, 0.15) is 23.0 Å². The summed E-state index contributed by atoms with van der Waals surface area (Å²) in [5, 5.41) is 9.27. The molecule has 1 heterocycles. The van der Waals surface area contributed by atoms with Gasteiger partial charge in [-0.25, -0.2) is 4.79 Å². The first-order chi connectivity index (χ1) is 11.2. The number of thioether (sulfide) groups is 1. The molecule has 132 valence electrons. The Kier molecular flexibility index (Phi) is 5.47. The maximum absolute atomic E-state index is 12.7. The highest BCUT2D eigenvalue weighted by atomic mass is 32.2. The van der Waals surface area contributed by atoms with E-state index in [9.17, 15) is 29.1 Å². The fourth-order valence-electron chi connectivity index (χ4n) is 3.42. The predicted octanol–water partition coefficient (Wildman–Crippen LogP) is 0.896. The number of aliphatic carboxylic acids is 1. The van der Waals surface area contributed by atoms with Crippen LogP contribution >= 0.6 is 11.8 Å². The average molecular weight is 355 g/mol. The zero-order valence-electron chi connectivity index (χ0n) is 13.7.